The molecule has 5 heteroatoms. The van der Waals surface area contributed by atoms with Crippen LogP contribution in [0.1, 0.15) is 56.3 Å². The Morgan fingerprint density at radius 1 is 1.19 bits per heavy atom. The minimum atomic E-state index is 0.340. The fourth-order valence-corrected chi connectivity index (χ4v) is 3.13. The first-order chi connectivity index (χ1) is 12.8. The van der Waals surface area contributed by atoms with E-state index in [9.17, 15) is 0 Å². The number of aliphatic imine (C=N–C) groups is 1. The van der Waals surface area contributed by atoms with E-state index < -0.39 is 0 Å². The Balaban J connectivity index is 1.86. The highest BCUT2D eigenvalue weighted by Crippen LogP contribution is 2.24. The van der Waals surface area contributed by atoms with Gasteiger partial charge in [0.25, 0.3) is 0 Å². The molecule has 0 amide bonds. The normalized spacial score (nSPS) is 13.5. The molecule has 5 nitrogen and oxygen atoms in total. The van der Waals surface area contributed by atoms with Gasteiger partial charge in [0.05, 0.1) is 11.4 Å². The molecular formula is C22H29N5. The predicted octanol–water partition coefficient (Wildman–Crippen LogP) is 5.34. The van der Waals surface area contributed by atoms with Crippen LogP contribution in [0.2, 0.25) is 0 Å². The number of allylic oxidation sites excluding steroid dienone is 1. The van der Waals surface area contributed by atoms with Crippen molar-refractivity contribution in [3.05, 3.63) is 52.7 Å². The molecule has 0 saturated carbocycles. The summed E-state index contributed by atoms with van der Waals surface area (Å²) in [6.45, 7) is 16.6. The molecule has 0 aromatic carbocycles. The lowest BCUT2D eigenvalue weighted by Gasteiger charge is -2.11. The molecule has 3 rings (SSSR count). The molecule has 3 aromatic heterocycles. The number of hydrogen-bond donors (Lipinski definition) is 0. The van der Waals surface area contributed by atoms with E-state index in [-0.39, 0.29) is 0 Å². The van der Waals surface area contributed by atoms with Gasteiger partial charge in [-0.15, -0.1) is 0 Å². The van der Waals surface area contributed by atoms with Crippen molar-refractivity contribution >= 4 is 24.5 Å². The van der Waals surface area contributed by atoms with Crippen molar-refractivity contribution in [2.45, 2.75) is 53.9 Å². The maximum absolute atomic E-state index is 4.66. The molecule has 0 aliphatic carbocycles. The highest BCUT2D eigenvalue weighted by atomic mass is 15.2. The summed E-state index contributed by atoms with van der Waals surface area (Å²) in [5.74, 6) is 1.47. The van der Waals surface area contributed by atoms with E-state index >= 15 is 0 Å². The van der Waals surface area contributed by atoms with Crippen LogP contribution in [-0.2, 0) is 6.42 Å². The smallest absolute Gasteiger partial charge is 0.233 e. The van der Waals surface area contributed by atoms with Crippen molar-refractivity contribution in [1.82, 2.24) is 18.9 Å². The summed E-state index contributed by atoms with van der Waals surface area (Å²) in [7, 11) is 0. The quantitative estimate of drug-likeness (QED) is 0.555. The van der Waals surface area contributed by atoms with Crippen LogP contribution >= 0.6 is 0 Å². The molecule has 0 aliphatic rings. The van der Waals surface area contributed by atoms with E-state index in [0.717, 1.165) is 23.5 Å². The van der Waals surface area contributed by atoms with E-state index in [2.05, 4.69) is 98.3 Å². The summed E-state index contributed by atoms with van der Waals surface area (Å²) < 4.78 is 4.15. The average Bonchev–Trinajstić information content (AvgIpc) is 3.14. The summed E-state index contributed by atoms with van der Waals surface area (Å²) in [4.78, 5) is 13.3. The lowest BCUT2D eigenvalue weighted by Crippen LogP contribution is -2.01. The van der Waals surface area contributed by atoms with Crippen molar-refractivity contribution in [3.8, 4) is 0 Å². The van der Waals surface area contributed by atoms with Crippen LogP contribution in [-0.4, -0.2) is 25.7 Å². The Morgan fingerprint density at radius 3 is 2.59 bits per heavy atom. The molecular weight excluding hydrogens is 334 g/mol. The molecule has 0 N–H and O–H groups in total. The summed E-state index contributed by atoms with van der Waals surface area (Å²) in [5.41, 5.74) is 6.85. The molecule has 3 aromatic rings. The van der Waals surface area contributed by atoms with Crippen LogP contribution in [0.5, 0.6) is 0 Å². The predicted molar refractivity (Wildman–Crippen MR) is 113 cm³/mol. The van der Waals surface area contributed by atoms with Gasteiger partial charge in [0.15, 0.2) is 0 Å². The minimum Gasteiger partial charge on any atom is -0.304 e. The van der Waals surface area contributed by atoms with Gasteiger partial charge in [0.2, 0.25) is 5.95 Å². The first-order valence-electron chi connectivity index (χ1n) is 9.48. The first kappa shape index (κ1) is 19.1. The fourth-order valence-electron chi connectivity index (χ4n) is 3.13. The Kier molecular flexibility index (Phi) is 5.31. The molecule has 142 valence electrons. The van der Waals surface area contributed by atoms with Crippen molar-refractivity contribution in [2.24, 2.45) is 10.9 Å². The largest absolute Gasteiger partial charge is 0.304 e. The van der Waals surface area contributed by atoms with Crippen LogP contribution in [0.3, 0.4) is 0 Å². The number of imidazole rings is 2. The standard InChI is InChI=1S/C22H29N5/c1-14(2)16(4)11-26-13-20(25-22(26)23-7)10-15(3)19-8-9-21-24-17(5)18(6)27(21)12-19/h8-9,11-15H,7,10H2,1-6H3/b16-11+. The van der Waals surface area contributed by atoms with Gasteiger partial charge in [-0.25, -0.2) is 15.0 Å². The summed E-state index contributed by atoms with van der Waals surface area (Å²) in [6, 6.07) is 4.26. The summed E-state index contributed by atoms with van der Waals surface area (Å²) >= 11 is 0. The number of rotatable bonds is 6. The number of aryl methyl sites for hydroxylation is 2. The molecule has 0 aliphatic heterocycles. The van der Waals surface area contributed by atoms with E-state index in [1.54, 1.807) is 0 Å². The Bertz CT molecular complexity index is 1000. The second-order valence-electron chi connectivity index (χ2n) is 7.70. The molecule has 0 bridgehead atoms. The van der Waals surface area contributed by atoms with Gasteiger partial charge in [0.1, 0.15) is 5.65 Å². The molecule has 1 atom stereocenters. The minimum absolute atomic E-state index is 0.340. The third-order valence-electron chi connectivity index (χ3n) is 5.36. The van der Waals surface area contributed by atoms with Crippen LogP contribution in [0.4, 0.5) is 5.95 Å². The van der Waals surface area contributed by atoms with Gasteiger partial charge >= 0.3 is 0 Å². The zero-order valence-electron chi connectivity index (χ0n) is 17.2. The maximum Gasteiger partial charge on any atom is 0.233 e. The molecule has 0 fully saturated rings. The first-order valence-corrected chi connectivity index (χ1v) is 9.48. The molecule has 0 radical (unpaired) electrons. The lowest BCUT2D eigenvalue weighted by molar-refractivity contribution is 0.737. The number of nitrogens with zero attached hydrogens (tertiary/aromatic N) is 5. The van der Waals surface area contributed by atoms with E-state index in [0.29, 0.717) is 17.8 Å². The number of aromatic nitrogens is 4. The maximum atomic E-state index is 4.66. The SMILES string of the molecule is C=Nc1nc(CC(C)c2ccc3nc(C)c(C)n3c2)cn1/C=C(\C)C(C)C. The highest BCUT2D eigenvalue weighted by molar-refractivity contribution is 5.46. The van der Waals surface area contributed by atoms with Crippen LogP contribution in [0.25, 0.3) is 11.8 Å². The van der Waals surface area contributed by atoms with Gasteiger partial charge in [0, 0.05) is 24.3 Å². The van der Waals surface area contributed by atoms with Crippen molar-refractivity contribution < 1.29 is 0 Å². The molecule has 3 heterocycles. The Hall–Kier alpha value is -2.69. The van der Waals surface area contributed by atoms with Crippen molar-refractivity contribution in [3.63, 3.8) is 0 Å². The highest BCUT2D eigenvalue weighted by Gasteiger charge is 2.14. The van der Waals surface area contributed by atoms with Gasteiger partial charge in [-0.1, -0.05) is 32.4 Å². The second kappa shape index (κ2) is 7.51. The molecule has 1 unspecified atom stereocenters. The zero-order chi connectivity index (χ0) is 19.7. The van der Waals surface area contributed by atoms with Gasteiger partial charge in [-0.3, -0.25) is 4.57 Å². The summed E-state index contributed by atoms with van der Waals surface area (Å²) in [6.07, 6.45) is 7.21. The third kappa shape index (κ3) is 3.87. The van der Waals surface area contributed by atoms with Gasteiger partial charge in [-0.2, -0.15) is 0 Å². The fraction of sp³-hybridized carbons (Fsp3) is 0.409. The number of pyridine rings is 1. The van der Waals surface area contributed by atoms with Crippen LogP contribution in [0, 0.1) is 19.8 Å². The van der Waals surface area contributed by atoms with Crippen LogP contribution in [0.15, 0.2) is 35.1 Å². The number of hydrogen-bond acceptors (Lipinski definition) is 3. The molecule has 0 saturated heterocycles. The van der Waals surface area contributed by atoms with E-state index in [1.807, 2.05) is 4.57 Å². The van der Waals surface area contributed by atoms with Crippen molar-refractivity contribution in [1.29, 1.82) is 0 Å². The van der Waals surface area contributed by atoms with E-state index in [1.165, 1.54) is 16.8 Å². The monoisotopic (exact) mass is 363 g/mol. The zero-order valence-corrected chi connectivity index (χ0v) is 17.2. The average molecular weight is 364 g/mol. The molecule has 27 heavy (non-hydrogen) atoms. The topological polar surface area (TPSA) is 47.5 Å². The molecule has 0 spiro atoms. The second-order valence-corrected chi connectivity index (χ2v) is 7.70. The lowest BCUT2D eigenvalue weighted by atomic mass is 9.98. The third-order valence-corrected chi connectivity index (χ3v) is 5.36. The summed E-state index contributed by atoms with van der Waals surface area (Å²) in [5, 5.41) is 0. The van der Waals surface area contributed by atoms with Gasteiger partial charge < -0.3 is 4.40 Å². The van der Waals surface area contributed by atoms with E-state index in [4.69, 9.17) is 0 Å². The Labute approximate surface area is 161 Å². The van der Waals surface area contributed by atoms with Crippen LogP contribution < -0.4 is 0 Å². The van der Waals surface area contributed by atoms with Crippen molar-refractivity contribution in [2.75, 3.05) is 0 Å². The van der Waals surface area contributed by atoms with Gasteiger partial charge in [-0.05, 0) is 57.4 Å². The number of fused-ring (bicyclic) bond motifs is 1. The Morgan fingerprint density at radius 2 is 1.93 bits per heavy atom.